The summed E-state index contributed by atoms with van der Waals surface area (Å²) >= 11 is 0. The van der Waals surface area contributed by atoms with Gasteiger partial charge in [0.15, 0.2) is 17.3 Å². The fraction of sp³-hybridized carbons (Fsp3) is 0.125. The van der Waals surface area contributed by atoms with Gasteiger partial charge < -0.3 is 0 Å². The van der Waals surface area contributed by atoms with Crippen molar-refractivity contribution in [2.45, 2.75) is 20.4 Å². The quantitative estimate of drug-likeness (QED) is 0.457. The van der Waals surface area contributed by atoms with Gasteiger partial charge in [0.1, 0.15) is 5.52 Å². The molecule has 0 spiro atoms. The highest BCUT2D eigenvalue weighted by molar-refractivity contribution is 5.80. The van der Waals surface area contributed by atoms with E-state index in [0.717, 1.165) is 44.8 Å². The number of pyridine rings is 1. The molecule has 0 aliphatic heterocycles. The van der Waals surface area contributed by atoms with Gasteiger partial charge in [0.2, 0.25) is 0 Å². The van der Waals surface area contributed by atoms with Crippen molar-refractivity contribution in [2.75, 3.05) is 0 Å². The van der Waals surface area contributed by atoms with Crippen LogP contribution in [0.25, 0.3) is 33.7 Å². The van der Waals surface area contributed by atoms with Crippen LogP contribution in [-0.4, -0.2) is 35.2 Å². The second-order valence-corrected chi connectivity index (χ2v) is 7.19. The molecule has 5 aromatic rings. The maximum Gasteiger partial charge on any atom is 0.187 e. The van der Waals surface area contributed by atoms with E-state index < -0.39 is 0 Å². The SMILES string of the molecule is CC#Cc1nc2c(C)ccnc2n1Cc1ccc(-c2ccccc2-c2nnn[nH]2)cc1. The number of aryl methyl sites for hydroxylation is 1. The summed E-state index contributed by atoms with van der Waals surface area (Å²) in [5.41, 5.74) is 7.10. The summed E-state index contributed by atoms with van der Waals surface area (Å²) in [5.74, 6) is 7.45. The maximum atomic E-state index is 4.71. The Kier molecular flexibility index (Phi) is 4.73. The van der Waals surface area contributed by atoms with Crippen LogP contribution in [0.15, 0.2) is 60.8 Å². The van der Waals surface area contributed by atoms with Crippen LogP contribution < -0.4 is 0 Å². The number of nitrogens with one attached hydrogen (secondary N) is 1. The minimum atomic E-state index is 0.644. The molecular weight excluding hydrogens is 386 g/mol. The highest BCUT2D eigenvalue weighted by Crippen LogP contribution is 2.30. The third-order valence-corrected chi connectivity index (χ3v) is 5.21. The fourth-order valence-corrected chi connectivity index (χ4v) is 3.68. The maximum absolute atomic E-state index is 4.71. The number of aromatic amines is 1. The predicted molar refractivity (Wildman–Crippen MR) is 119 cm³/mol. The molecule has 0 bridgehead atoms. The largest absolute Gasteiger partial charge is 0.297 e. The molecule has 0 aliphatic rings. The summed E-state index contributed by atoms with van der Waals surface area (Å²) in [5, 5.41) is 14.3. The number of H-pyrrole nitrogens is 1. The minimum absolute atomic E-state index is 0.644. The summed E-state index contributed by atoms with van der Waals surface area (Å²) in [6.45, 7) is 4.51. The van der Waals surface area contributed by atoms with Crippen molar-refractivity contribution in [2.24, 2.45) is 0 Å². The molecule has 0 unspecified atom stereocenters. The van der Waals surface area contributed by atoms with Gasteiger partial charge in [-0.3, -0.25) is 4.57 Å². The second-order valence-electron chi connectivity index (χ2n) is 7.19. The Morgan fingerprint density at radius 2 is 1.81 bits per heavy atom. The molecule has 0 atom stereocenters. The summed E-state index contributed by atoms with van der Waals surface area (Å²) in [4.78, 5) is 9.26. The van der Waals surface area contributed by atoms with E-state index >= 15 is 0 Å². The zero-order valence-corrected chi connectivity index (χ0v) is 17.2. The molecule has 0 saturated carbocycles. The molecule has 0 saturated heterocycles. The third-order valence-electron chi connectivity index (χ3n) is 5.21. The molecule has 3 heterocycles. The molecule has 0 fully saturated rings. The van der Waals surface area contributed by atoms with Crippen molar-refractivity contribution in [1.29, 1.82) is 0 Å². The van der Waals surface area contributed by atoms with Crippen molar-refractivity contribution in [1.82, 2.24) is 35.2 Å². The van der Waals surface area contributed by atoms with Crippen LogP contribution in [0.5, 0.6) is 0 Å². The van der Waals surface area contributed by atoms with Crippen molar-refractivity contribution in [3.8, 4) is 34.4 Å². The van der Waals surface area contributed by atoms with E-state index in [0.29, 0.717) is 12.4 Å². The number of imidazole rings is 1. The molecule has 2 aromatic carbocycles. The first-order valence-electron chi connectivity index (χ1n) is 9.91. The lowest BCUT2D eigenvalue weighted by molar-refractivity contribution is 0.801. The highest BCUT2D eigenvalue weighted by Gasteiger charge is 2.13. The van der Waals surface area contributed by atoms with Crippen LogP contribution in [0.4, 0.5) is 0 Å². The number of hydrogen-bond donors (Lipinski definition) is 1. The second kappa shape index (κ2) is 7.84. The molecule has 1 N–H and O–H groups in total. The van der Waals surface area contributed by atoms with Gasteiger partial charge in [-0.25, -0.2) is 15.1 Å². The van der Waals surface area contributed by atoms with E-state index in [1.165, 1.54) is 0 Å². The van der Waals surface area contributed by atoms with Crippen LogP contribution in [0.3, 0.4) is 0 Å². The van der Waals surface area contributed by atoms with Crippen molar-refractivity contribution >= 4 is 11.2 Å². The Labute approximate surface area is 179 Å². The van der Waals surface area contributed by atoms with E-state index in [9.17, 15) is 0 Å². The number of rotatable bonds is 4. The number of hydrogen-bond acceptors (Lipinski definition) is 5. The van der Waals surface area contributed by atoms with Crippen LogP contribution in [0, 0.1) is 18.8 Å². The zero-order valence-electron chi connectivity index (χ0n) is 17.2. The first-order chi connectivity index (χ1) is 15.2. The number of benzene rings is 2. The average molecular weight is 405 g/mol. The van der Waals surface area contributed by atoms with Gasteiger partial charge >= 0.3 is 0 Å². The molecule has 150 valence electrons. The first-order valence-corrected chi connectivity index (χ1v) is 9.91. The third kappa shape index (κ3) is 3.45. The van der Waals surface area contributed by atoms with Gasteiger partial charge in [0, 0.05) is 11.8 Å². The van der Waals surface area contributed by atoms with Crippen molar-refractivity contribution < 1.29 is 0 Å². The Morgan fingerprint density at radius 1 is 1.00 bits per heavy atom. The molecule has 7 heteroatoms. The van der Waals surface area contributed by atoms with E-state index in [2.05, 4.69) is 72.3 Å². The van der Waals surface area contributed by atoms with Crippen molar-refractivity contribution in [3.63, 3.8) is 0 Å². The van der Waals surface area contributed by atoms with Gasteiger partial charge in [-0.2, -0.15) is 0 Å². The van der Waals surface area contributed by atoms with Gasteiger partial charge in [0.25, 0.3) is 0 Å². The summed E-state index contributed by atoms with van der Waals surface area (Å²) in [6, 6.07) is 18.5. The van der Waals surface area contributed by atoms with Gasteiger partial charge in [0.05, 0.1) is 6.54 Å². The lowest BCUT2D eigenvalue weighted by atomic mass is 9.98. The Balaban J connectivity index is 1.51. The zero-order chi connectivity index (χ0) is 21.2. The number of fused-ring (bicyclic) bond motifs is 1. The monoisotopic (exact) mass is 405 g/mol. The van der Waals surface area contributed by atoms with Gasteiger partial charge in [-0.15, -0.1) is 5.10 Å². The predicted octanol–water partition coefficient (Wildman–Crippen LogP) is 4.01. The normalized spacial score (nSPS) is 10.8. The molecule has 0 amide bonds. The molecule has 0 aliphatic carbocycles. The van der Waals surface area contributed by atoms with E-state index in [1.54, 1.807) is 0 Å². The number of aromatic nitrogens is 7. The van der Waals surface area contributed by atoms with Crippen molar-refractivity contribution in [3.05, 3.63) is 77.7 Å². The lowest BCUT2D eigenvalue weighted by Gasteiger charge is -2.10. The van der Waals surface area contributed by atoms with Crippen LogP contribution >= 0.6 is 0 Å². The smallest absolute Gasteiger partial charge is 0.187 e. The van der Waals surface area contributed by atoms with Gasteiger partial charge in [-0.05, 0) is 58.5 Å². The topological polar surface area (TPSA) is 85.2 Å². The van der Waals surface area contributed by atoms with E-state index in [4.69, 9.17) is 4.98 Å². The van der Waals surface area contributed by atoms with E-state index in [1.807, 2.05) is 44.3 Å². The molecular formula is C24H19N7. The Bertz CT molecular complexity index is 1420. The summed E-state index contributed by atoms with van der Waals surface area (Å²) in [6.07, 6.45) is 1.82. The molecule has 5 rings (SSSR count). The number of nitrogens with zero attached hydrogens (tertiary/aromatic N) is 6. The van der Waals surface area contributed by atoms with Gasteiger partial charge in [-0.1, -0.05) is 54.5 Å². The Morgan fingerprint density at radius 3 is 2.55 bits per heavy atom. The van der Waals surface area contributed by atoms with E-state index in [-0.39, 0.29) is 0 Å². The average Bonchev–Trinajstić information content (AvgIpc) is 3.45. The minimum Gasteiger partial charge on any atom is -0.297 e. The molecule has 7 nitrogen and oxygen atoms in total. The molecule has 0 radical (unpaired) electrons. The standard InChI is InChI=1S/C24H19N7/c1-3-6-21-26-22-16(2)13-14-25-24(22)31(21)15-17-9-11-18(12-10-17)19-7-4-5-8-20(19)23-27-29-30-28-23/h4-5,7-14H,15H2,1-2H3,(H,27,28,29,30). The first kappa shape index (κ1) is 18.7. The highest BCUT2D eigenvalue weighted by atomic mass is 15.5. The molecule has 31 heavy (non-hydrogen) atoms. The van der Waals surface area contributed by atoms with Crippen LogP contribution in [-0.2, 0) is 6.54 Å². The lowest BCUT2D eigenvalue weighted by Crippen LogP contribution is -2.03. The molecule has 3 aromatic heterocycles. The fourth-order valence-electron chi connectivity index (χ4n) is 3.68. The Hall–Kier alpha value is -4.31. The van der Waals surface area contributed by atoms with Crippen LogP contribution in [0.1, 0.15) is 23.9 Å². The van der Waals surface area contributed by atoms with Crippen LogP contribution in [0.2, 0.25) is 0 Å². The summed E-state index contributed by atoms with van der Waals surface area (Å²) < 4.78 is 2.07. The number of tetrazole rings is 1. The summed E-state index contributed by atoms with van der Waals surface area (Å²) in [7, 11) is 0.